The molecule has 0 radical (unpaired) electrons. The maximum atomic E-state index is 5.36. The molecular formula is C25H41N3. The summed E-state index contributed by atoms with van der Waals surface area (Å²) >= 11 is 0. The summed E-state index contributed by atoms with van der Waals surface area (Å²) in [6, 6.07) is 28.5. The summed E-state index contributed by atoms with van der Waals surface area (Å²) in [5, 5.41) is 0. The van der Waals surface area contributed by atoms with Gasteiger partial charge in [0.15, 0.2) is 0 Å². The highest BCUT2D eigenvalue weighted by atomic mass is 14.5. The van der Waals surface area contributed by atoms with Crippen molar-refractivity contribution in [1.82, 2.24) is 0 Å². The zero-order chi connectivity index (χ0) is 20.8. The molecule has 28 heavy (non-hydrogen) atoms. The molecule has 3 aromatic rings. The zero-order valence-corrected chi connectivity index (χ0v) is 17.3. The van der Waals surface area contributed by atoms with Crippen LogP contribution in [0.5, 0.6) is 0 Å². The first-order chi connectivity index (χ1) is 13.0. The first-order valence-electron chi connectivity index (χ1n) is 9.43. The van der Waals surface area contributed by atoms with Crippen molar-refractivity contribution in [2.24, 2.45) is 0 Å². The molecule has 3 heteroatoms. The average Bonchev–Trinajstić information content (AvgIpc) is 2.66. The van der Waals surface area contributed by atoms with Crippen molar-refractivity contribution in [2.75, 3.05) is 17.2 Å². The monoisotopic (exact) mass is 383 g/mol. The van der Waals surface area contributed by atoms with Crippen molar-refractivity contribution < 1.29 is 0 Å². The van der Waals surface area contributed by atoms with E-state index in [2.05, 4.69) is 27.7 Å². The van der Waals surface area contributed by atoms with Crippen molar-refractivity contribution in [1.29, 1.82) is 0 Å². The molecule has 0 amide bonds. The van der Waals surface area contributed by atoms with Crippen LogP contribution in [0, 0.1) is 0 Å². The molecule has 0 unspecified atom stereocenters. The lowest BCUT2D eigenvalue weighted by Crippen LogP contribution is -1.79. The van der Waals surface area contributed by atoms with E-state index in [1.807, 2.05) is 91.0 Å². The fraction of sp³-hybridized carbons (Fsp3) is 0.280. The Morgan fingerprint density at radius 1 is 0.429 bits per heavy atom. The number of hydrogen-bond acceptors (Lipinski definition) is 3. The summed E-state index contributed by atoms with van der Waals surface area (Å²) in [5.74, 6) is 0. The average molecular weight is 384 g/mol. The Balaban J connectivity index is -0.000000290. The van der Waals surface area contributed by atoms with Gasteiger partial charge in [0.2, 0.25) is 0 Å². The molecule has 0 spiro atoms. The van der Waals surface area contributed by atoms with Crippen molar-refractivity contribution >= 4 is 17.1 Å². The maximum Gasteiger partial charge on any atom is 0.0313 e. The van der Waals surface area contributed by atoms with Crippen LogP contribution >= 0.6 is 0 Å². The summed E-state index contributed by atoms with van der Waals surface area (Å²) in [6.07, 6.45) is 2.50. The van der Waals surface area contributed by atoms with E-state index in [9.17, 15) is 0 Å². The zero-order valence-electron chi connectivity index (χ0n) is 17.3. The Kier molecular flexibility index (Phi) is 25.6. The predicted molar refractivity (Wildman–Crippen MR) is 131 cm³/mol. The fourth-order valence-electron chi connectivity index (χ4n) is 1.36. The Morgan fingerprint density at radius 2 is 0.571 bits per heavy atom. The Morgan fingerprint density at radius 3 is 0.643 bits per heavy atom. The summed E-state index contributed by atoms with van der Waals surface area (Å²) in [5.41, 5.74) is 18.5. The fourth-order valence-corrected chi connectivity index (χ4v) is 1.36. The van der Waals surface area contributed by atoms with Crippen molar-refractivity contribution in [3.05, 3.63) is 91.0 Å². The second kappa shape index (κ2) is 24.1. The van der Waals surface area contributed by atoms with Crippen LogP contribution in [0.3, 0.4) is 0 Å². The van der Waals surface area contributed by atoms with Crippen LogP contribution in [0.4, 0.5) is 17.1 Å². The summed E-state index contributed by atoms with van der Waals surface area (Å²) in [7, 11) is 0. The largest absolute Gasteiger partial charge is 0.399 e. The van der Waals surface area contributed by atoms with Crippen molar-refractivity contribution in [3.8, 4) is 0 Å². The molecule has 0 heterocycles. The molecule has 0 saturated carbocycles. The number of nitrogen functional groups attached to an aromatic ring is 3. The third-order valence-electron chi connectivity index (χ3n) is 2.40. The Hall–Kier alpha value is -2.94. The quantitative estimate of drug-likeness (QED) is 0.357. The minimum atomic E-state index is 0. The van der Waals surface area contributed by atoms with Crippen LogP contribution < -0.4 is 17.2 Å². The highest BCUT2D eigenvalue weighted by Crippen LogP contribution is 1.97. The van der Waals surface area contributed by atoms with Gasteiger partial charge in [-0.1, -0.05) is 103 Å². The first kappa shape index (κ1) is 29.8. The number of rotatable bonds is 0. The van der Waals surface area contributed by atoms with Crippen LogP contribution in [0.25, 0.3) is 0 Å². The predicted octanol–water partition coefficient (Wildman–Crippen LogP) is 7.28. The van der Waals surface area contributed by atoms with Gasteiger partial charge in [0.1, 0.15) is 0 Å². The van der Waals surface area contributed by atoms with E-state index in [4.69, 9.17) is 17.2 Å². The molecule has 0 bridgehead atoms. The van der Waals surface area contributed by atoms with Gasteiger partial charge < -0.3 is 17.2 Å². The highest BCUT2D eigenvalue weighted by molar-refractivity contribution is 5.37. The molecule has 0 aliphatic rings. The van der Waals surface area contributed by atoms with Crippen molar-refractivity contribution in [2.45, 2.75) is 48.0 Å². The van der Waals surface area contributed by atoms with Gasteiger partial charge in [-0.05, 0) is 36.4 Å². The molecule has 0 saturated heterocycles. The van der Waals surface area contributed by atoms with Crippen LogP contribution in [0.1, 0.15) is 48.0 Å². The summed E-state index contributed by atoms with van der Waals surface area (Å²) in [4.78, 5) is 0. The molecule has 0 fully saturated rings. The third-order valence-corrected chi connectivity index (χ3v) is 2.40. The van der Waals surface area contributed by atoms with E-state index < -0.39 is 0 Å². The van der Waals surface area contributed by atoms with Crippen molar-refractivity contribution in [3.63, 3.8) is 0 Å². The van der Waals surface area contributed by atoms with Crippen LogP contribution in [-0.4, -0.2) is 0 Å². The molecule has 0 aromatic heterocycles. The molecule has 0 aliphatic heterocycles. The molecule has 3 nitrogen and oxygen atoms in total. The Bertz CT molecular complexity index is 520. The van der Waals surface area contributed by atoms with E-state index >= 15 is 0 Å². The molecular weight excluding hydrogens is 342 g/mol. The third kappa shape index (κ3) is 25.3. The smallest absolute Gasteiger partial charge is 0.0313 e. The molecule has 156 valence electrons. The van der Waals surface area contributed by atoms with Gasteiger partial charge in [0.25, 0.3) is 0 Å². The lowest BCUT2D eigenvalue weighted by Gasteiger charge is -1.83. The SMILES string of the molecule is C.CCC.CCC.Nc1ccccc1.Nc1ccccc1.Nc1ccccc1. The molecule has 3 aromatic carbocycles. The van der Waals surface area contributed by atoms with Gasteiger partial charge in [-0.25, -0.2) is 0 Å². The minimum absolute atomic E-state index is 0. The van der Waals surface area contributed by atoms with E-state index in [0.717, 1.165) is 17.1 Å². The number of nitrogens with two attached hydrogens (primary N) is 3. The molecule has 0 aliphatic carbocycles. The topological polar surface area (TPSA) is 78.1 Å². The normalized spacial score (nSPS) is 7.71. The van der Waals surface area contributed by atoms with Gasteiger partial charge in [-0.3, -0.25) is 0 Å². The molecule has 6 N–H and O–H groups in total. The highest BCUT2D eigenvalue weighted by Gasteiger charge is 1.73. The van der Waals surface area contributed by atoms with E-state index in [0.29, 0.717) is 0 Å². The van der Waals surface area contributed by atoms with E-state index in [1.54, 1.807) is 0 Å². The van der Waals surface area contributed by atoms with Gasteiger partial charge >= 0.3 is 0 Å². The number of benzene rings is 3. The number of para-hydroxylation sites is 3. The number of anilines is 3. The minimum Gasteiger partial charge on any atom is -0.399 e. The Labute approximate surface area is 173 Å². The van der Waals surface area contributed by atoms with Crippen LogP contribution in [0.2, 0.25) is 0 Å². The number of hydrogen-bond donors (Lipinski definition) is 3. The van der Waals surface area contributed by atoms with Crippen LogP contribution in [-0.2, 0) is 0 Å². The lowest BCUT2D eigenvalue weighted by molar-refractivity contribution is 1.09. The van der Waals surface area contributed by atoms with Gasteiger partial charge in [0, 0.05) is 17.1 Å². The van der Waals surface area contributed by atoms with E-state index in [-0.39, 0.29) is 7.43 Å². The molecule has 3 rings (SSSR count). The second-order valence-corrected chi connectivity index (χ2v) is 5.65. The standard InChI is InChI=1S/3C6H7N.2C3H8.CH4/c3*7-6-4-2-1-3-5-6;2*1-3-2;/h3*1-5H,7H2;2*3H2,1-2H3;1H4. The molecule has 0 atom stereocenters. The summed E-state index contributed by atoms with van der Waals surface area (Å²) in [6.45, 7) is 8.50. The van der Waals surface area contributed by atoms with Gasteiger partial charge in [0.05, 0.1) is 0 Å². The second-order valence-electron chi connectivity index (χ2n) is 5.65. The lowest BCUT2D eigenvalue weighted by atomic mass is 10.3. The van der Waals surface area contributed by atoms with Crippen LogP contribution in [0.15, 0.2) is 91.0 Å². The van der Waals surface area contributed by atoms with Gasteiger partial charge in [-0.2, -0.15) is 0 Å². The van der Waals surface area contributed by atoms with Gasteiger partial charge in [-0.15, -0.1) is 0 Å². The van der Waals surface area contributed by atoms with E-state index in [1.165, 1.54) is 12.8 Å². The summed E-state index contributed by atoms with van der Waals surface area (Å²) < 4.78 is 0. The maximum absolute atomic E-state index is 5.36. The first-order valence-corrected chi connectivity index (χ1v) is 9.43.